The Balaban J connectivity index is 2.26. The lowest BCUT2D eigenvalue weighted by atomic mass is 10.3. The van der Waals surface area contributed by atoms with E-state index in [0.717, 1.165) is 0 Å². The summed E-state index contributed by atoms with van der Waals surface area (Å²) in [6.45, 7) is 2.41. The van der Waals surface area contributed by atoms with Gasteiger partial charge in [-0.3, -0.25) is 4.79 Å². The number of nitrogens with zero attached hydrogens (tertiary/aromatic N) is 1. The van der Waals surface area contributed by atoms with Crippen molar-refractivity contribution < 1.29 is 18.3 Å². The largest absolute Gasteiger partial charge is 0.433 e. The average Bonchev–Trinajstić information content (AvgIpc) is 2.68. The molecule has 2 rings (SSSR count). The Morgan fingerprint density at radius 1 is 1.53 bits per heavy atom. The molecule has 19 heavy (non-hydrogen) atoms. The molecule has 1 heterocycles. The standard InChI is InChI=1S/C12H12F2N2O2S/c1-3-10(17)16-11-15-8-5-4-7(6-9(8)19-11)18-12(2,13)14/h4-6H,3H2,1-2H3,(H,15,16,17). The number of ether oxygens (including phenoxy) is 1. The van der Waals surface area contributed by atoms with Gasteiger partial charge in [0.25, 0.3) is 0 Å². The maximum atomic E-state index is 12.7. The first-order valence-electron chi connectivity index (χ1n) is 5.64. The van der Waals surface area contributed by atoms with Crippen LogP contribution in [0.1, 0.15) is 20.3 Å². The quantitative estimate of drug-likeness (QED) is 0.933. The van der Waals surface area contributed by atoms with Crippen molar-refractivity contribution in [2.45, 2.75) is 26.4 Å². The summed E-state index contributed by atoms with van der Waals surface area (Å²) in [4.78, 5) is 15.4. The van der Waals surface area contributed by atoms with E-state index in [0.29, 0.717) is 28.7 Å². The van der Waals surface area contributed by atoms with E-state index in [1.807, 2.05) is 0 Å². The lowest BCUT2D eigenvalue weighted by Crippen LogP contribution is -2.18. The molecule has 1 aromatic heterocycles. The zero-order chi connectivity index (χ0) is 14.0. The molecule has 0 bridgehead atoms. The summed E-state index contributed by atoms with van der Waals surface area (Å²) in [7, 11) is 0. The number of aromatic nitrogens is 1. The van der Waals surface area contributed by atoms with Crippen molar-refractivity contribution in [3.63, 3.8) is 0 Å². The Bertz CT molecular complexity index is 607. The van der Waals surface area contributed by atoms with Crippen molar-refractivity contribution >= 4 is 32.6 Å². The van der Waals surface area contributed by atoms with Crippen molar-refractivity contribution in [1.82, 2.24) is 4.98 Å². The summed E-state index contributed by atoms with van der Waals surface area (Å²) in [6, 6.07) is 4.48. The Morgan fingerprint density at radius 3 is 2.89 bits per heavy atom. The fourth-order valence-corrected chi connectivity index (χ4v) is 2.35. The van der Waals surface area contributed by atoms with Crippen LogP contribution >= 0.6 is 11.3 Å². The van der Waals surface area contributed by atoms with Gasteiger partial charge in [-0.15, -0.1) is 0 Å². The molecule has 102 valence electrons. The van der Waals surface area contributed by atoms with Crippen LogP contribution in [0.25, 0.3) is 10.2 Å². The van der Waals surface area contributed by atoms with E-state index >= 15 is 0 Å². The smallest absolute Gasteiger partial charge is 0.394 e. The zero-order valence-corrected chi connectivity index (χ0v) is 11.2. The number of hydrogen-bond acceptors (Lipinski definition) is 4. The summed E-state index contributed by atoms with van der Waals surface area (Å²) in [5, 5.41) is 3.07. The molecule has 0 radical (unpaired) electrons. The minimum Gasteiger partial charge on any atom is -0.433 e. The molecule has 0 fully saturated rings. The number of benzene rings is 1. The predicted molar refractivity (Wildman–Crippen MR) is 69.8 cm³/mol. The third kappa shape index (κ3) is 3.60. The molecule has 0 spiro atoms. The number of amides is 1. The molecule has 0 aliphatic rings. The number of halogens is 2. The van der Waals surface area contributed by atoms with Crippen molar-refractivity contribution in [2.24, 2.45) is 0 Å². The third-order valence-corrected chi connectivity index (χ3v) is 3.16. The number of hydrogen-bond donors (Lipinski definition) is 1. The van der Waals surface area contributed by atoms with E-state index in [4.69, 9.17) is 0 Å². The summed E-state index contributed by atoms with van der Waals surface area (Å²) in [6.07, 6.45) is -2.87. The Hall–Kier alpha value is -1.76. The minimum absolute atomic E-state index is 0.0667. The normalized spacial score (nSPS) is 11.6. The maximum absolute atomic E-state index is 12.7. The molecule has 1 N–H and O–H groups in total. The highest BCUT2D eigenvalue weighted by molar-refractivity contribution is 7.22. The van der Waals surface area contributed by atoms with Gasteiger partial charge in [0.05, 0.1) is 10.2 Å². The van der Waals surface area contributed by atoms with E-state index < -0.39 is 6.11 Å². The van der Waals surface area contributed by atoms with Crippen molar-refractivity contribution in [2.75, 3.05) is 5.32 Å². The third-order valence-electron chi connectivity index (χ3n) is 2.22. The van der Waals surface area contributed by atoms with Crippen LogP contribution in [0.3, 0.4) is 0 Å². The van der Waals surface area contributed by atoms with E-state index in [-0.39, 0.29) is 11.7 Å². The Labute approximate surface area is 112 Å². The molecule has 0 unspecified atom stereocenters. The van der Waals surface area contributed by atoms with Crippen LogP contribution in [0.5, 0.6) is 5.75 Å². The molecule has 1 aromatic carbocycles. The predicted octanol–water partition coefficient (Wildman–Crippen LogP) is 3.64. The summed E-state index contributed by atoms with van der Waals surface area (Å²) in [5.74, 6) is -0.0763. The van der Waals surface area contributed by atoms with Crippen molar-refractivity contribution in [3.05, 3.63) is 18.2 Å². The first-order valence-corrected chi connectivity index (χ1v) is 6.46. The Morgan fingerprint density at radius 2 is 2.26 bits per heavy atom. The second kappa shape index (κ2) is 5.08. The maximum Gasteiger partial charge on any atom is 0.394 e. The lowest BCUT2D eigenvalue weighted by molar-refractivity contribution is -0.158. The van der Waals surface area contributed by atoms with Gasteiger partial charge in [0.15, 0.2) is 5.13 Å². The van der Waals surface area contributed by atoms with Gasteiger partial charge in [-0.2, -0.15) is 8.78 Å². The van der Waals surface area contributed by atoms with Gasteiger partial charge in [0.1, 0.15) is 5.75 Å². The van der Waals surface area contributed by atoms with Gasteiger partial charge < -0.3 is 10.1 Å². The summed E-state index contributed by atoms with van der Waals surface area (Å²) < 4.78 is 30.6. The monoisotopic (exact) mass is 286 g/mol. The van der Waals surface area contributed by atoms with Gasteiger partial charge in [-0.05, 0) is 18.2 Å². The number of thiazole rings is 1. The first-order chi connectivity index (χ1) is 8.87. The van der Waals surface area contributed by atoms with Crippen LogP contribution < -0.4 is 10.1 Å². The van der Waals surface area contributed by atoms with Gasteiger partial charge in [-0.25, -0.2) is 4.98 Å². The highest BCUT2D eigenvalue weighted by atomic mass is 32.1. The first kappa shape index (κ1) is 13.7. The molecule has 4 nitrogen and oxygen atoms in total. The van der Waals surface area contributed by atoms with Gasteiger partial charge in [-0.1, -0.05) is 18.3 Å². The number of alkyl halides is 2. The fourth-order valence-electron chi connectivity index (χ4n) is 1.44. The molecule has 0 saturated heterocycles. The van der Waals surface area contributed by atoms with Crippen LogP contribution in [-0.4, -0.2) is 17.0 Å². The topological polar surface area (TPSA) is 51.2 Å². The number of anilines is 1. The Kier molecular flexibility index (Phi) is 3.66. The molecule has 1 amide bonds. The highest BCUT2D eigenvalue weighted by Crippen LogP contribution is 2.31. The van der Waals surface area contributed by atoms with Crippen molar-refractivity contribution in [3.8, 4) is 5.75 Å². The summed E-state index contributed by atoms with van der Waals surface area (Å²) >= 11 is 1.21. The van der Waals surface area contributed by atoms with Crippen LogP contribution in [0.2, 0.25) is 0 Å². The highest BCUT2D eigenvalue weighted by Gasteiger charge is 2.23. The van der Waals surface area contributed by atoms with Crippen LogP contribution in [0.4, 0.5) is 13.9 Å². The summed E-state index contributed by atoms with van der Waals surface area (Å²) in [5.41, 5.74) is 0.628. The zero-order valence-electron chi connectivity index (χ0n) is 10.4. The second-order valence-electron chi connectivity index (χ2n) is 3.96. The molecular weight excluding hydrogens is 274 g/mol. The second-order valence-corrected chi connectivity index (χ2v) is 4.99. The SMILES string of the molecule is CCC(=O)Nc1nc2ccc(OC(C)(F)F)cc2s1. The van der Waals surface area contributed by atoms with Crippen molar-refractivity contribution in [1.29, 1.82) is 0 Å². The minimum atomic E-state index is -3.22. The molecule has 0 saturated carbocycles. The lowest BCUT2D eigenvalue weighted by Gasteiger charge is -2.12. The van der Waals surface area contributed by atoms with E-state index in [1.54, 1.807) is 13.0 Å². The number of nitrogens with one attached hydrogen (secondary N) is 1. The van der Waals surface area contributed by atoms with E-state index in [1.165, 1.54) is 23.5 Å². The van der Waals surface area contributed by atoms with Gasteiger partial charge in [0.2, 0.25) is 5.91 Å². The van der Waals surface area contributed by atoms with Gasteiger partial charge >= 0.3 is 6.11 Å². The van der Waals surface area contributed by atoms with Crippen LogP contribution in [0.15, 0.2) is 18.2 Å². The average molecular weight is 286 g/mol. The number of fused-ring (bicyclic) bond motifs is 1. The molecular formula is C12H12F2N2O2S. The van der Waals surface area contributed by atoms with E-state index in [2.05, 4.69) is 15.0 Å². The molecule has 7 heteroatoms. The van der Waals surface area contributed by atoms with Crippen LogP contribution in [0, 0.1) is 0 Å². The molecule has 0 aliphatic heterocycles. The number of rotatable bonds is 4. The number of carbonyl (C=O) groups is 1. The van der Waals surface area contributed by atoms with E-state index in [9.17, 15) is 13.6 Å². The van der Waals surface area contributed by atoms with Gasteiger partial charge in [0, 0.05) is 13.3 Å². The molecule has 2 aromatic rings. The van der Waals surface area contributed by atoms with Crippen LogP contribution in [-0.2, 0) is 4.79 Å². The number of carbonyl (C=O) groups excluding carboxylic acids is 1. The molecule has 0 aliphatic carbocycles. The fraction of sp³-hybridized carbons (Fsp3) is 0.333. The molecule has 0 atom stereocenters.